The largest absolute Gasteiger partial charge is 0.380 e. The van der Waals surface area contributed by atoms with Crippen LogP contribution in [0.3, 0.4) is 0 Å². The summed E-state index contributed by atoms with van der Waals surface area (Å²) >= 11 is 3.45. The lowest BCUT2D eigenvalue weighted by molar-refractivity contribution is 0.358. The van der Waals surface area contributed by atoms with Crippen molar-refractivity contribution >= 4 is 21.6 Å². The summed E-state index contributed by atoms with van der Waals surface area (Å²) in [7, 11) is 0. The summed E-state index contributed by atoms with van der Waals surface area (Å²) in [6.07, 6.45) is 9.20. The Morgan fingerprint density at radius 1 is 1.40 bits per heavy atom. The summed E-state index contributed by atoms with van der Waals surface area (Å²) in [6.45, 7) is 3.06. The quantitative estimate of drug-likeness (QED) is 0.914. The average Bonchev–Trinajstić information content (AvgIpc) is 3.23. The van der Waals surface area contributed by atoms with E-state index in [1.807, 2.05) is 0 Å². The Balaban J connectivity index is 1.72. The second-order valence-electron chi connectivity index (χ2n) is 6.42. The lowest BCUT2D eigenvalue weighted by Crippen LogP contribution is -2.29. The van der Waals surface area contributed by atoms with Crippen LogP contribution in [-0.4, -0.2) is 15.8 Å². The highest BCUT2D eigenvalue weighted by molar-refractivity contribution is 9.10. The summed E-state index contributed by atoms with van der Waals surface area (Å²) in [5.74, 6) is 1.42. The first kappa shape index (κ1) is 14.1. The number of halogens is 1. The van der Waals surface area contributed by atoms with Crippen LogP contribution in [0, 0.1) is 11.8 Å². The Kier molecular flexibility index (Phi) is 4.15. The molecule has 0 radical (unpaired) electrons. The Morgan fingerprint density at radius 3 is 2.90 bits per heavy atom. The minimum Gasteiger partial charge on any atom is -0.380 e. The molecule has 4 nitrogen and oxygen atoms in total. The fourth-order valence-electron chi connectivity index (χ4n) is 3.03. The molecule has 0 aromatic carbocycles. The number of nitrogens with zero attached hydrogens (tertiary/aromatic N) is 2. The van der Waals surface area contributed by atoms with Gasteiger partial charge in [0.15, 0.2) is 0 Å². The van der Waals surface area contributed by atoms with Gasteiger partial charge in [0.05, 0.1) is 11.9 Å². The summed E-state index contributed by atoms with van der Waals surface area (Å²) in [5, 5.41) is 7.81. The van der Waals surface area contributed by atoms with Crippen LogP contribution in [0.15, 0.2) is 15.5 Å². The van der Waals surface area contributed by atoms with Gasteiger partial charge in [0.1, 0.15) is 4.47 Å². The minimum atomic E-state index is -0.00856. The van der Waals surface area contributed by atoms with Crippen LogP contribution in [0.4, 0.5) is 5.69 Å². The van der Waals surface area contributed by atoms with Crippen LogP contribution < -0.4 is 10.9 Å². The van der Waals surface area contributed by atoms with E-state index in [0.29, 0.717) is 16.4 Å². The Bertz CT molecular complexity index is 538. The number of rotatable bonds is 4. The molecule has 1 aromatic heterocycles. The molecule has 1 aromatic rings. The molecule has 0 amide bonds. The first-order valence-electron chi connectivity index (χ1n) is 7.65. The van der Waals surface area contributed by atoms with E-state index in [0.717, 1.165) is 18.2 Å². The molecule has 1 N–H and O–H groups in total. The predicted molar refractivity (Wildman–Crippen MR) is 84.0 cm³/mol. The number of hydrogen-bond acceptors (Lipinski definition) is 3. The highest BCUT2D eigenvalue weighted by Gasteiger charge is 2.24. The topological polar surface area (TPSA) is 46.9 Å². The van der Waals surface area contributed by atoms with Crippen molar-refractivity contribution < 1.29 is 0 Å². The highest BCUT2D eigenvalue weighted by Crippen LogP contribution is 2.31. The molecule has 2 aliphatic rings. The molecule has 0 spiro atoms. The van der Waals surface area contributed by atoms with Crippen LogP contribution in [0.25, 0.3) is 0 Å². The summed E-state index contributed by atoms with van der Waals surface area (Å²) in [6, 6.07) is 0.468. The van der Waals surface area contributed by atoms with E-state index in [9.17, 15) is 4.79 Å². The molecule has 5 heteroatoms. The standard InChI is InChI=1S/C15H22BrN3O/c1-10-3-2-4-12(7-10)18-13-8-17-19(9-11-5-6-11)15(20)14(13)16/h8,10-12,18H,2-7,9H2,1H3. The first-order chi connectivity index (χ1) is 9.63. The molecule has 0 bridgehead atoms. The normalized spacial score (nSPS) is 26.5. The summed E-state index contributed by atoms with van der Waals surface area (Å²) in [5.41, 5.74) is 0.840. The molecular formula is C15H22BrN3O. The second-order valence-corrected chi connectivity index (χ2v) is 7.21. The van der Waals surface area contributed by atoms with Crippen molar-refractivity contribution in [1.29, 1.82) is 0 Å². The molecule has 20 heavy (non-hydrogen) atoms. The number of anilines is 1. The van der Waals surface area contributed by atoms with Crippen molar-refractivity contribution in [3.8, 4) is 0 Å². The van der Waals surface area contributed by atoms with Gasteiger partial charge in [0.2, 0.25) is 0 Å². The van der Waals surface area contributed by atoms with Gasteiger partial charge in [-0.25, -0.2) is 4.68 Å². The van der Waals surface area contributed by atoms with Crippen LogP contribution in [-0.2, 0) is 6.54 Å². The zero-order chi connectivity index (χ0) is 14.1. The fraction of sp³-hybridized carbons (Fsp3) is 0.733. The van der Waals surface area contributed by atoms with Gasteiger partial charge in [-0.2, -0.15) is 5.10 Å². The van der Waals surface area contributed by atoms with Gasteiger partial charge >= 0.3 is 0 Å². The maximum absolute atomic E-state index is 12.3. The van der Waals surface area contributed by atoms with Crippen molar-refractivity contribution in [2.24, 2.45) is 11.8 Å². The maximum atomic E-state index is 12.3. The third kappa shape index (κ3) is 3.25. The fourth-order valence-corrected chi connectivity index (χ4v) is 3.45. The SMILES string of the molecule is CC1CCCC(Nc2cnn(CC3CC3)c(=O)c2Br)C1. The van der Waals surface area contributed by atoms with Crippen LogP contribution in [0.2, 0.25) is 0 Å². The van der Waals surface area contributed by atoms with E-state index in [4.69, 9.17) is 0 Å². The van der Waals surface area contributed by atoms with Crippen molar-refractivity contribution in [1.82, 2.24) is 9.78 Å². The number of aromatic nitrogens is 2. The summed E-state index contributed by atoms with van der Waals surface area (Å²) < 4.78 is 2.22. The smallest absolute Gasteiger partial charge is 0.283 e. The monoisotopic (exact) mass is 339 g/mol. The van der Waals surface area contributed by atoms with Crippen molar-refractivity contribution in [3.05, 3.63) is 21.0 Å². The zero-order valence-corrected chi connectivity index (χ0v) is 13.5. The van der Waals surface area contributed by atoms with Crippen molar-refractivity contribution in [3.63, 3.8) is 0 Å². The van der Waals surface area contributed by atoms with E-state index in [2.05, 4.69) is 33.3 Å². The van der Waals surface area contributed by atoms with Gasteiger partial charge in [-0.05, 0) is 53.4 Å². The van der Waals surface area contributed by atoms with Crippen molar-refractivity contribution in [2.45, 2.75) is 58.0 Å². The summed E-state index contributed by atoms with van der Waals surface area (Å²) in [4.78, 5) is 12.3. The van der Waals surface area contributed by atoms with E-state index < -0.39 is 0 Å². The molecule has 2 saturated carbocycles. The van der Waals surface area contributed by atoms with Crippen LogP contribution in [0.1, 0.15) is 45.4 Å². The molecule has 1 heterocycles. The van der Waals surface area contributed by atoms with Crippen LogP contribution >= 0.6 is 15.9 Å². The lowest BCUT2D eigenvalue weighted by Gasteiger charge is -2.28. The Labute approximate surface area is 128 Å². The molecule has 2 aliphatic carbocycles. The molecule has 2 atom stereocenters. The predicted octanol–water partition coefficient (Wildman–Crippen LogP) is 3.41. The van der Waals surface area contributed by atoms with Gasteiger partial charge in [0.25, 0.3) is 5.56 Å². The van der Waals surface area contributed by atoms with Crippen molar-refractivity contribution in [2.75, 3.05) is 5.32 Å². The van der Waals surface area contributed by atoms with E-state index in [1.54, 1.807) is 10.9 Å². The molecule has 0 aliphatic heterocycles. The Hall–Kier alpha value is -0.840. The molecule has 0 saturated heterocycles. The number of nitrogens with one attached hydrogen (secondary N) is 1. The van der Waals surface area contributed by atoms with Gasteiger partial charge < -0.3 is 5.32 Å². The molecule has 2 fully saturated rings. The Morgan fingerprint density at radius 2 is 2.20 bits per heavy atom. The minimum absolute atomic E-state index is 0.00856. The average molecular weight is 340 g/mol. The van der Waals surface area contributed by atoms with E-state index >= 15 is 0 Å². The first-order valence-corrected chi connectivity index (χ1v) is 8.45. The third-order valence-corrected chi connectivity index (χ3v) is 5.18. The lowest BCUT2D eigenvalue weighted by atomic mass is 9.87. The second kappa shape index (κ2) is 5.88. The maximum Gasteiger partial charge on any atom is 0.283 e. The zero-order valence-electron chi connectivity index (χ0n) is 11.9. The molecule has 3 rings (SSSR count). The highest BCUT2D eigenvalue weighted by atomic mass is 79.9. The molecule has 110 valence electrons. The van der Waals surface area contributed by atoms with Gasteiger partial charge in [-0.3, -0.25) is 4.79 Å². The van der Waals surface area contributed by atoms with Gasteiger partial charge in [-0.1, -0.05) is 19.8 Å². The molecule has 2 unspecified atom stereocenters. The van der Waals surface area contributed by atoms with E-state index in [-0.39, 0.29) is 5.56 Å². The third-order valence-electron chi connectivity index (χ3n) is 4.41. The number of hydrogen-bond donors (Lipinski definition) is 1. The van der Waals surface area contributed by atoms with Gasteiger partial charge in [-0.15, -0.1) is 0 Å². The van der Waals surface area contributed by atoms with Gasteiger partial charge in [0, 0.05) is 12.6 Å². The van der Waals surface area contributed by atoms with E-state index in [1.165, 1.54) is 38.5 Å². The van der Waals surface area contributed by atoms with Crippen LogP contribution in [0.5, 0.6) is 0 Å². The molecular weight excluding hydrogens is 318 g/mol.